The van der Waals surface area contributed by atoms with Crippen LogP contribution in [0.1, 0.15) is 22.1 Å². The van der Waals surface area contributed by atoms with Crippen molar-refractivity contribution in [1.29, 1.82) is 0 Å². The fourth-order valence-electron chi connectivity index (χ4n) is 3.20. The number of H-pyrrole nitrogens is 1. The first-order chi connectivity index (χ1) is 14.8. The first-order valence-corrected chi connectivity index (χ1v) is 9.13. The van der Waals surface area contributed by atoms with Gasteiger partial charge in [0.25, 0.3) is 5.91 Å². The first-order valence-electron chi connectivity index (χ1n) is 9.13. The molecule has 0 aliphatic rings. The predicted octanol–water partition coefficient (Wildman–Crippen LogP) is 2.69. The highest BCUT2D eigenvalue weighted by atomic mass is 19.2. The molecule has 0 aliphatic heterocycles. The molecule has 3 aromatic rings. The minimum atomic E-state index is -1.25. The quantitative estimate of drug-likeness (QED) is 0.532. The minimum Gasteiger partial charge on any atom is -0.496 e. The SMILES string of the molecule is CNC(=O)C(NC(=O)c1cc2c(OC)cc(OC)c(OC)c2[nH]1)c1ccc(F)c(F)c1. The number of carbonyl (C=O) groups excluding carboxylic acids is 2. The highest BCUT2D eigenvalue weighted by molar-refractivity contribution is 6.03. The van der Waals surface area contributed by atoms with Gasteiger partial charge in [0.05, 0.1) is 26.8 Å². The van der Waals surface area contributed by atoms with Gasteiger partial charge < -0.3 is 29.8 Å². The van der Waals surface area contributed by atoms with Gasteiger partial charge in [0, 0.05) is 18.5 Å². The second-order valence-corrected chi connectivity index (χ2v) is 6.48. The summed E-state index contributed by atoms with van der Waals surface area (Å²) in [7, 11) is 5.76. The van der Waals surface area contributed by atoms with E-state index in [1.54, 1.807) is 6.07 Å². The summed E-state index contributed by atoms with van der Waals surface area (Å²) >= 11 is 0. The average molecular weight is 433 g/mol. The van der Waals surface area contributed by atoms with Gasteiger partial charge in [-0.1, -0.05) is 6.07 Å². The molecule has 0 saturated heterocycles. The topological polar surface area (TPSA) is 102 Å². The Labute approximate surface area is 176 Å². The van der Waals surface area contributed by atoms with Gasteiger partial charge in [-0.05, 0) is 23.8 Å². The van der Waals surface area contributed by atoms with E-state index in [9.17, 15) is 18.4 Å². The monoisotopic (exact) mass is 433 g/mol. The molecule has 0 fully saturated rings. The molecular formula is C21H21F2N3O5. The van der Waals surface area contributed by atoms with Crippen LogP contribution in [0.5, 0.6) is 17.2 Å². The van der Waals surface area contributed by atoms with Crippen LogP contribution in [0.3, 0.4) is 0 Å². The van der Waals surface area contributed by atoms with E-state index >= 15 is 0 Å². The molecule has 1 aromatic heterocycles. The van der Waals surface area contributed by atoms with Crippen molar-refractivity contribution in [3.05, 3.63) is 53.2 Å². The molecule has 10 heteroatoms. The lowest BCUT2D eigenvalue weighted by Crippen LogP contribution is -2.39. The Bertz CT molecular complexity index is 1150. The number of fused-ring (bicyclic) bond motifs is 1. The lowest BCUT2D eigenvalue weighted by molar-refractivity contribution is -0.122. The summed E-state index contributed by atoms with van der Waals surface area (Å²) in [6, 6.07) is 4.86. The van der Waals surface area contributed by atoms with Crippen LogP contribution in [-0.2, 0) is 4.79 Å². The normalized spacial score (nSPS) is 11.7. The molecule has 31 heavy (non-hydrogen) atoms. The fourth-order valence-corrected chi connectivity index (χ4v) is 3.20. The number of aromatic nitrogens is 1. The summed E-state index contributed by atoms with van der Waals surface area (Å²) in [5.41, 5.74) is 0.629. The third kappa shape index (κ3) is 4.09. The van der Waals surface area contributed by atoms with E-state index in [0.29, 0.717) is 28.2 Å². The number of hydrogen-bond donors (Lipinski definition) is 3. The number of carbonyl (C=O) groups is 2. The molecule has 3 N–H and O–H groups in total. The van der Waals surface area contributed by atoms with Crippen molar-refractivity contribution in [2.45, 2.75) is 6.04 Å². The van der Waals surface area contributed by atoms with Crippen LogP contribution in [0.15, 0.2) is 30.3 Å². The number of rotatable bonds is 7. The number of nitrogens with one attached hydrogen (secondary N) is 3. The molecule has 1 heterocycles. The second-order valence-electron chi connectivity index (χ2n) is 6.48. The summed E-state index contributed by atoms with van der Waals surface area (Å²) in [4.78, 5) is 28.2. The maximum atomic E-state index is 13.7. The number of likely N-dealkylation sites (N-methyl/N-ethyl adjacent to an activating group) is 1. The fraction of sp³-hybridized carbons (Fsp3) is 0.238. The van der Waals surface area contributed by atoms with Crippen molar-refractivity contribution in [2.24, 2.45) is 0 Å². The van der Waals surface area contributed by atoms with Gasteiger partial charge in [-0.3, -0.25) is 9.59 Å². The molecule has 164 valence electrons. The molecule has 0 bridgehead atoms. The highest BCUT2D eigenvalue weighted by Gasteiger charge is 2.26. The Morgan fingerprint density at radius 2 is 1.68 bits per heavy atom. The van der Waals surface area contributed by atoms with Crippen molar-refractivity contribution < 1.29 is 32.6 Å². The molecule has 0 aliphatic carbocycles. The van der Waals surface area contributed by atoms with Crippen molar-refractivity contribution in [3.63, 3.8) is 0 Å². The van der Waals surface area contributed by atoms with E-state index in [4.69, 9.17) is 14.2 Å². The van der Waals surface area contributed by atoms with Gasteiger partial charge in [-0.25, -0.2) is 8.78 Å². The Morgan fingerprint density at radius 3 is 2.26 bits per heavy atom. The van der Waals surface area contributed by atoms with Crippen LogP contribution in [0.25, 0.3) is 10.9 Å². The smallest absolute Gasteiger partial charge is 0.268 e. The second kappa shape index (κ2) is 8.90. The molecule has 2 aromatic carbocycles. The van der Waals surface area contributed by atoms with Crippen LogP contribution >= 0.6 is 0 Å². The Hall–Kier alpha value is -3.82. The van der Waals surface area contributed by atoms with Crippen LogP contribution < -0.4 is 24.8 Å². The van der Waals surface area contributed by atoms with E-state index in [0.717, 1.165) is 12.1 Å². The molecule has 0 saturated carbocycles. The minimum absolute atomic E-state index is 0.0829. The highest BCUT2D eigenvalue weighted by Crippen LogP contribution is 2.41. The predicted molar refractivity (Wildman–Crippen MR) is 109 cm³/mol. The third-order valence-electron chi connectivity index (χ3n) is 4.75. The summed E-state index contributed by atoms with van der Waals surface area (Å²) in [6.07, 6.45) is 0. The van der Waals surface area contributed by atoms with E-state index in [-0.39, 0.29) is 11.3 Å². The van der Waals surface area contributed by atoms with Gasteiger partial charge in [0.2, 0.25) is 5.91 Å². The van der Waals surface area contributed by atoms with Crippen molar-refractivity contribution >= 4 is 22.7 Å². The van der Waals surface area contributed by atoms with Crippen LogP contribution in [0.2, 0.25) is 0 Å². The lowest BCUT2D eigenvalue weighted by atomic mass is 10.1. The zero-order chi connectivity index (χ0) is 22.7. The van der Waals surface area contributed by atoms with Crippen LogP contribution in [0.4, 0.5) is 8.78 Å². The molecule has 8 nitrogen and oxygen atoms in total. The summed E-state index contributed by atoms with van der Waals surface area (Å²) in [6.45, 7) is 0. The first kappa shape index (κ1) is 21.9. The number of aromatic amines is 1. The van der Waals surface area contributed by atoms with Gasteiger partial charge >= 0.3 is 0 Å². The van der Waals surface area contributed by atoms with Gasteiger partial charge in [0.15, 0.2) is 23.1 Å². The van der Waals surface area contributed by atoms with E-state index in [1.165, 1.54) is 40.5 Å². The number of amides is 2. The number of hydrogen-bond acceptors (Lipinski definition) is 5. The van der Waals surface area contributed by atoms with Crippen molar-refractivity contribution in [1.82, 2.24) is 15.6 Å². The average Bonchev–Trinajstić information content (AvgIpc) is 3.23. The Balaban J connectivity index is 2.02. The Kier molecular flexibility index (Phi) is 6.28. The molecule has 1 unspecified atom stereocenters. The molecule has 0 radical (unpaired) electrons. The molecule has 0 spiro atoms. The maximum absolute atomic E-state index is 13.7. The van der Waals surface area contributed by atoms with E-state index in [1.807, 2.05) is 0 Å². The van der Waals surface area contributed by atoms with Crippen LogP contribution in [-0.4, -0.2) is 45.2 Å². The molecule has 3 rings (SSSR count). The summed E-state index contributed by atoms with van der Waals surface area (Å²) < 4.78 is 43.0. The van der Waals surface area contributed by atoms with E-state index < -0.39 is 29.5 Å². The zero-order valence-corrected chi connectivity index (χ0v) is 17.3. The molecule has 1 atom stereocenters. The number of halogens is 2. The molecular weight excluding hydrogens is 412 g/mol. The standard InChI is InChI=1S/C21H21F2N3O5/c1-24-21(28)17(10-5-6-12(22)13(23)7-10)26-20(27)14-8-11-15(29-2)9-16(30-3)19(31-4)18(11)25-14/h5-9,17,25H,1-4H3,(H,24,28)(H,26,27). The van der Waals surface area contributed by atoms with E-state index in [2.05, 4.69) is 15.6 Å². The number of benzene rings is 2. The zero-order valence-electron chi connectivity index (χ0n) is 17.3. The van der Waals surface area contributed by atoms with Crippen molar-refractivity contribution in [3.8, 4) is 17.2 Å². The maximum Gasteiger partial charge on any atom is 0.268 e. The molecule has 2 amide bonds. The third-order valence-corrected chi connectivity index (χ3v) is 4.75. The number of methoxy groups -OCH3 is 3. The lowest BCUT2D eigenvalue weighted by Gasteiger charge is -2.17. The largest absolute Gasteiger partial charge is 0.496 e. The van der Waals surface area contributed by atoms with Gasteiger partial charge in [-0.15, -0.1) is 0 Å². The Morgan fingerprint density at radius 1 is 0.968 bits per heavy atom. The number of ether oxygens (including phenoxy) is 3. The summed E-state index contributed by atoms with van der Waals surface area (Å²) in [5.74, 6) is -2.26. The van der Waals surface area contributed by atoms with Gasteiger partial charge in [0.1, 0.15) is 17.5 Å². The van der Waals surface area contributed by atoms with Crippen molar-refractivity contribution in [2.75, 3.05) is 28.4 Å². The van der Waals surface area contributed by atoms with Gasteiger partial charge in [-0.2, -0.15) is 0 Å². The van der Waals surface area contributed by atoms with Crippen LogP contribution in [0, 0.1) is 11.6 Å². The summed E-state index contributed by atoms with van der Waals surface area (Å²) in [5, 5.41) is 5.47.